The predicted molar refractivity (Wildman–Crippen MR) is 101 cm³/mol. The van der Waals surface area contributed by atoms with Gasteiger partial charge in [-0.2, -0.15) is 0 Å². The van der Waals surface area contributed by atoms with E-state index in [9.17, 15) is 19.7 Å². The van der Waals surface area contributed by atoms with Crippen LogP contribution in [-0.2, 0) is 9.53 Å². The Kier molecular flexibility index (Phi) is 6.54. The average molecular weight is 388 g/mol. The Labute approximate surface area is 161 Å². The quantitative estimate of drug-likeness (QED) is 0.440. The van der Waals surface area contributed by atoms with Crippen LogP contribution in [-0.4, -0.2) is 37.1 Å². The monoisotopic (exact) mass is 388 g/mol. The lowest BCUT2D eigenvalue weighted by Crippen LogP contribution is -2.30. The van der Waals surface area contributed by atoms with Crippen LogP contribution in [0.2, 0.25) is 0 Å². The lowest BCUT2D eigenvalue weighted by Gasteiger charge is -2.15. The van der Waals surface area contributed by atoms with E-state index < -0.39 is 22.9 Å². The molecule has 0 radical (unpaired) electrons. The molecule has 148 valence electrons. The van der Waals surface area contributed by atoms with Crippen LogP contribution in [0.15, 0.2) is 36.4 Å². The molecule has 0 aliphatic carbocycles. The number of amides is 1. The van der Waals surface area contributed by atoms with Gasteiger partial charge in [0.25, 0.3) is 11.6 Å². The lowest BCUT2D eigenvalue weighted by molar-refractivity contribution is -0.384. The van der Waals surface area contributed by atoms with Crippen molar-refractivity contribution in [3.63, 3.8) is 0 Å². The number of methoxy groups -OCH3 is 2. The van der Waals surface area contributed by atoms with Crippen molar-refractivity contribution in [1.29, 1.82) is 0 Å². The van der Waals surface area contributed by atoms with Gasteiger partial charge in [-0.3, -0.25) is 14.9 Å². The smallest absolute Gasteiger partial charge is 0.339 e. The number of non-ortho nitro benzene ring substituents is 1. The predicted octanol–water partition coefficient (Wildman–Crippen LogP) is 3.10. The van der Waals surface area contributed by atoms with Gasteiger partial charge in [-0.15, -0.1) is 0 Å². The molecule has 9 nitrogen and oxygen atoms in total. The van der Waals surface area contributed by atoms with E-state index in [-0.39, 0.29) is 11.3 Å². The zero-order chi connectivity index (χ0) is 20.8. The Balaban J connectivity index is 2.07. The first-order chi connectivity index (χ1) is 13.3. The molecular formula is C19H20N2O7. The van der Waals surface area contributed by atoms with Gasteiger partial charge in [0.15, 0.2) is 6.10 Å². The number of nitro groups is 1. The van der Waals surface area contributed by atoms with Crippen LogP contribution >= 0.6 is 0 Å². The zero-order valence-corrected chi connectivity index (χ0v) is 15.8. The van der Waals surface area contributed by atoms with Crippen molar-refractivity contribution in [3.8, 4) is 11.5 Å². The maximum Gasteiger partial charge on any atom is 0.339 e. The summed E-state index contributed by atoms with van der Waals surface area (Å²) in [4.78, 5) is 34.7. The summed E-state index contributed by atoms with van der Waals surface area (Å²) >= 11 is 0. The molecule has 0 fully saturated rings. The zero-order valence-electron chi connectivity index (χ0n) is 15.8. The molecule has 1 N–H and O–H groups in total. The first-order valence-electron chi connectivity index (χ1n) is 8.25. The lowest BCUT2D eigenvalue weighted by atomic mass is 10.1. The van der Waals surface area contributed by atoms with Gasteiger partial charge in [0.2, 0.25) is 0 Å². The Hall–Kier alpha value is -3.62. The summed E-state index contributed by atoms with van der Waals surface area (Å²) in [6, 6.07) is 8.30. The van der Waals surface area contributed by atoms with Gasteiger partial charge in [-0.25, -0.2) is 4.79 Å². The van der Waals surface area contributed by atoms with Crippen molar-refractivity contribution in [2.24, 2.45) is 0 Å². The number of rotatable bonds is 7. The van der Waals surface area contributed by atoms with Crippen molar-refractivity contribution < 1.29 is 28.7 Å². The molecule has 28 heavy (non-hydrogen) atoms. The van der Waals surface area contributed by atoms with Crippen LogP contribution < -0.4 is 14.8 Å². The fourth-order valence-electron chi connectivity index (χ4n) is 2.40. The number of anilines is 1. The van der Waals surface area contributed by atoms with E-state index in [1.54, 1.807) is 6.92 Å². The van der Waals surface area contributed by atoms with E-state index in [2.05, 4.69) is 5.32 Å². The molecule has 1 amide bonds. The molecule has 2 rings (SSSR count). The normalized spacial score (nSPS) is 11.3. The van der Waals surface area contributed by atoms with E-state index in [0.717, 1.165) is 5.56 Å². The minimum absolute atomic E-state index is 0.0975. The number of carbonyl (C=O) groups is 2. The third-order valence-corrected chi connectivity index (χ3v) is 3.99. The summed E-state index contributed by atoms with van der Waals surface area (Å²) in [5, 5.41) is 13.2. The highest BCUT2D eigenvalue weighted by molar-refractivity contribution is 5.97. The summed E-state index contributed by atoms with van der Waals surface area (Å²) in [5.41, 5.74) is 1.15. The highest BCUT2D eigenvalue weighted by atomic mass is 16.6. The van der Waals surface area contributed by atoms with Crippen molar-refractivity contribution in [2.75, 3.05) is 19.5 Å². The van der Waals surface area contributed by atoms with Crippen molar-refractivity contribution in [1.82, 2.24) is 0 Å². The maximum absolute atomic E-state index is 12.4. The summed E-state index contributed by atoms with van der Waals surface area (Å²) in [7, 11) is 2.94. The number of carbonyl (C=O) groups excluding carboxylic acids is 2. The van der Waals surface area contributed by atoms with Crippen LogP contribution in [0.1, 0.15) is 22.8 Å². The van der Waals surface area contributed by atoms with E-state index in [1.165, 1.54) is 57.5 Å². The van der Waals surface area contributed by atoms with Crippen LogP contribution in [0.4, 0.5) is 11.4 Å². The molecule has 0 heterocycles. The number of nitrogens with zero attached hydrogens (tertiary/aromatic N) is 1. The molecular weight excluding hydrogens is 368 g/mol. The molecule has 1 unspecified atom stereocenters. The van der Waals surface area contributed by atoms with Crippen molar-refractivity contribution in [2.45, 2.75) is 20.0 Å². The number of ether oxygens (including phenoxy) is 3. The van der Waals surface area contributed by atoms with Gasteiger partial charge in [-0.05, 0) is 38.1 Å². The summed E-state index contributed by atoms with van der Waals surface area (Å²) in [6.07, 6.45) is -1.10. The topological polar surface area (TPSA) is 117 Å². The van der Waals surface area contributed by atoms with Gasteiger partial charge in [-0.1, -0.05) is 0 Å². The van der Waals surface area contributed by atoms with Gasteiger partial charge < -0.3 is 19.5 Å². The number of hydrogen-bond donors (Lipinski definition) is 1. The maximum atomic E-state index is 12.4. The van der Waals surface area contributed by atoms with Crippen molar-refractivity contribution in [3.05, 3.63) is 57.6 Å². The van der Waals surface area contributed by atoms with E-state index in [0.29, 0.717) is 17.2 Å². The Bertz CT molecular complexity index is 869. The first kappa shape index (κ1) is 20.7. The first-order valence-corrected chi connectivity index (χ1v) is 8.25. The van der Waals surface area contributed by atoms with Gasteiger partial charge in [0.1, 0.15) is 11.5 Å². The van der Waals surface area contributed by atoms with Crippen LogP contribution in [0.5, 0.6) is 11.5 Å². The molecule has 2 aromatic rings. The van der Waals surface area contributed by atoms with E-state index in [4.69, 9.17) is 14.2 Å². The molecule has 0 bridgehead atoms. The summed E-state index contributed by atoms with van der Waals surface area (Å²) in [6.45, 7) is 3.20. The standard InChI is InChI=1S/C19H20N2O7/c1-11-16(26-3)9-13(10-17(11)27-4)19(23)28-12(2)18(22)20-14-5-7-15(8-6-14)21(24)25/h5-10,12H,1-4H3,(H,20,22). The summed E-state index contributed by atoms with van der Waals surface area (Å²) in [5.74, 6) is -0.389. The van der Waals surface area contributed by atoms with Gasteiger partial charge >= 0.3 is 5.97 Å². The fraction of sp³-hybridized carbons (Fsp3) is 0.263. The van der Waals surface area contributed by atoms with Crippen molar-refractivity contribution >= 4 is 23.3 Å². The van der Waals surface area contributed by atoms with Crippen LogP contribution in [0.3, 0.4) is 0 Å². The molecule has 2 aromatic carbocycles. The molecule has 0 aliphatic rings. The number of esters is 1. The molecule has 1 atom stereocenters. The Morgan fingerprint density at radius 1 is 1.07 bits per heavy atom. The molecule has 0 aromatic heterocycles. The summed E-state index contributed by atoms with van der Waals surface area (Å²) < 4.78 is 15.6. The highest BCUT2D eigenvalue weighted by Crippen LogP contribution is 2.30. The second-order valence-electron chi connectivity index (χ2n) is 5.85. The second-order valence-corrected chi connectivity index (χ2v) is 5.85. The Morgan fingerprint density at radius 3 is 2.07 bits per heavy atom. The third-order valence-electron chi connectivity index (χ3n) is 3.99. The Morgan fingerprint density at radius 2 is 1.61 bits per heavy atom. The molecule has 0 spiro atoms. The van der Waals surface area contributed by atoms with Gasteiger partial charge in [0.05, 0.1) is 24.7 Å². The number of nitrogens with one attached hydrogen (secondary N) is 1. The number of hydrogen-bond acceptors (Lipinski definition) is 7. The minimum Gasteiger partial charge on any atom is -0.496 e. The van der Waals surface area contributed by atoms with E-state index >= 15 is 0 Å². The average Bonchev–Trinajstić information content (AvgIpc) is 2.68. The number of benzene rings is 2. The highest BCUT2D eigenvalue weighted by Gasteiger charge is 2.21. The van der Waals surface area contributed by atoms with E-state index in [1.807, 2.05) is 0 Å². The minimum atomic E-state index is -1.10. The third kappa shape index (κ3) is 4.76. The SMILES string of the molecule is COc1cc(C(=O)OC(C)C(=O)Nc2ccc([N+](=O)[O-])cc2)cc(OC)c1C. The number of nitro benzene ring substituents is 1. The fourth-order valence-corrected chi connectivity index (χ4v) is 2.40. The molecule has 9 heteroatoms. The second kappa shape index (κ2) is 8.85. The molecule has 0 saturated heterocycles. The van der Waals surface area contributed by atoms with Crippen LogP contribution in [0, 0.1) is 17.0 Å². The molecule has 0 saturated carbocycles. The molecule has 0 aliphatic heterocycles. The largest absolute Gasteiger partial charge is 0.496 e. The van der Waals surface area contributed by atoms with Gasteiger partial charge in [0, 0.05) is 23.4 Å². The van der Waals surface area contributed by atoms with Crippen LogP contribution in [0.25, 0.3) is 0 Å².